The molecule has 3 N–H and O–H groups in total. The van der Waals surface area contributed by atoms with Crippen LogP contribution in [0.2, 0.25) is 0 Å². The zero-order valence-corrected chi connectivity index (χ0v) is 9.97. The average molecular weight is 246 g/mol. The van der Waals surface area contributed by atoms with Gasteiger partial charge in [-0.3, -0.25) is 9.78 Å². The van der Waals surface area contributed by atoms with Crippen LogP contribution < -0.4 is 5.32 Å². The Balaban J connectivity index is 2.21. The van der Waals surface area contributed by atoms with E-state index in [1.165, 1.54) is 19.1 Å². The first kappa shape index (κ1) is 12.2. The predicted molar refractivity (Wildman–Crippen MR) is 67.5 cm³/mol. The fourth-order valence-electron chi connectivity index (χ4n) is 1.72. The van der Waals surface area contributed by atoms with Gasteiger partial charge < -0.3 is 15.5 Å². The summed E-state index contributed by atoms with van der Waals surface area (Å²) in [4.78, 5) is 14.9. The second-order valence-electron chi connectivity index (χ2n) is 4.11. The maximum atomic E-state index is 10.7. The molecule has 0 spiro atoms. The summed E-state index contributed by atoms with van der Waals surface area (Å²) in [6.45, 7) is 2.02. The van der Waals surface area contributed by atoms with Gasteiger partial charge in [0.2, 0.25) is 5.91 Å². The molecular weight excluding hydrogens is 232 g/mol. The van der Waals surface area contributed by atoms with Gasteiger partial charge in [0.25, 0.3) is 0 Å². The maximum Gasteiger partial charge on any atom is 0.216 e. The molecular formula is C13H14N2O3. The van der Waals surface area contributed by atoms with Crippen LogP contribution in [0, 0.1) is 0 Å². The van der Waals surface area contributed by atoms with E-state index in [0.29, 0.717) is 18.5 Å². The van der Waals surface area contributed by atoms with Crippen LogP contribution in [0.1, 0.15) is 12.5 Å². The van der Waals surface area contributed by atoms with E-state index in [2.05, 4.69) is 10.3 Å². The molecule has 0 atom stereocenters. The first-order valence-corrected chi connectivity index (χ1v) is 5.61. The molecule has 94 valence electrons. The first-order chi connectivity index (χ1) is 8.56. The number of aromatic nitrogens is 1. The number of aromatic hydroxyl groups is 2. The summed E-state index contributed by atoms with van der Waals surface area (Å²) in [5, 5.41) is 22.2. The third kappa shape index (κ3) is 2.68. The summed E-state index contributed by atoms with van der Waals surface area (Å²) in [5.74, 6) is -0.407. The molecule has 1 amide bonds. The molecule has 18 heavy (non-hydrogen) atoms. The van der Waals surface area contributed by atoms with Gasteiger partial charge in [0.05, 0.1) is 5.52 Å². The van der Waals surface area contributed by atoms with Crippen molar-refractivity contribution in [3.05, 3.63) is 30.0 Å². The molecule has 0 fully saturated rings. The standard InChI is InChI=1S/C13H14N2O3/c1-8(16)14-3-2-9-4-10-5-12(17)13(18)6-11(10)15-7-9/h4-7,17-18H,2-3H2,1H3,(H,14,16). The molecule has 1 aromatic heterocycles. The number of carbonyl (C=O) groups excluding carboxylic acids is 1. The van der Waals surface area contributed by atoms with Gasteiger partial charge in [-0.15, -0.1) is 0 Å². The number of nitrogens with one attached hydrogen (secondary N) is 1. The van der Waals surface area contributed by atoms with E-state index in [4.69, 9.17) is 0 Å². The Morgan fingerprint density at radius 3 is 2.72 bits per heavy atom. The largest absolute Gasteiger partial charge is 0.504 e. The van der Waals surface area contributed by atoms with Crippen molar-refractivity contribution in [1.82, 2.24) is 10.3 Å². The van der Waals surface area contributed by atoms with Crippen molar-refractivity contribution in [3.63, 3.8) is 0 Å². The Bertz CT molecular complexity index is 596. The van der Waals surface area contributed by atoms with Crippen LogP contribution in [0.3, 0.4) is 0 Å². The van der Waals surface area contributed by atoms with Crippen molar-refractivity contribution in [3.8, 4) is 11.5 Å². The number of hydrogen-bond acceptors (Lipinski definition) is 4. The van der Waals surface area contributed by atoms with Crippen LogP contribution >= 0.6 is 0 Å². The van der Waals surface area contributed by atoms with E-state index < -0.39 is 0 Å². The molecule has 1 heterocycles. The second kappa shape index (κ2) is 4.91. The number of benzene rings is 1. The average Bonchev–Trinajstić information content (AvgIpc) is 2.30. The Hall–Kier alpha value is -2.30. The van der Waals surface area contributed by atoms with Crippen molar-refractivity contribution >= 4 is 16.8 Å². The van der Waals surface area contributed by atoms with Gasteiger partial charge in [0.1, 0.15) is 0 Å². The van der Waals surface area contributed by atoms with Crippen molar-refractivity contribution in [2.45, 2.75) is 13.3 Å². The number of pyridine rings is 1. The lowest BCUT2D eigenvalue weighted by Crippen LogP contribution is -2.22. The summed E-state index contributed by atoms with van der Waals surface area (Å²) in [6, 6.07) is 4.77. The predicted octanol–water partition coefficient (Wildman–Crippen LogP) is 1.32. The van der Waals surface area contributed by atoms with Gasteiger partial charge in [-0.05, 0) is 24.1 Å². The van der Waals surface area contributed by atoms with Crippen LogP contribution in [0.15, 0.2) is 24.4 Å². The molecule has 0 radical (unpaired) electrons. The number of rotatable bonds is 3. The summed E-state index contributed by atoms with van der Waals surface area (Å²) in [6.07, 6.45) is 2.37. The summed E-state index contributed by atoms with van der Waals surface area (Å²) < 4.78 is 0. The SMILES string of the molecule is CC(=O)NCCc1cnc2cc(O)c(O)cc2c1. The van der Waals surface area contributed by atoms with E-state index in [0.717, 1.165) is 10.9 Å². The van der Waals surface area contributed by atoms with Gasteiger partial charge in [-0.1, -0.05) is 0 Å². The lowest BCUT2D eigenvalue weighted by atomic mass is 10.1. The smallest absolute Gasteiger partial charge is 0.216 e. The number of nitrogens with zero attached hydrogens (tertiary/aromatic N) is 1. The van der Waals surface area contributed by atoms with Crippen molar-refractivity contribution in [1.29, 1.82) is 0 Å². The van der Waals surface area contributed by atoms with E-state index in [-0.39, 0.29) is 17.4 Å². The molecule has 2 aromatic rings. The minimum absolute atomic E-state index is 0.0636. The molecule has 1 aromatic carbocycles. The molecule has 0 aliphatic heterocycles. The number of carbonyl (C=O) groups is 1. The molecule has 0 unspecified atom stereocenters. The van der Waals surface area contributed by atoms with Gasteiger partial charge in [0, 0.05) is 31.1 Å². The Labute approximate surface area is 104 Å². The van der Waals surface area contributed by atoms with Crippen LogP contribution in [-0.2, 0) is 11.2 Å². The lowest BCUT2D eigenvalue weighted by Gasteiger charge is -2.05. The van der Waals surface area contributed by atoms with E-state index in [1.807, 2.05) is 6.07 Å². The van der Waals surface area contributed by atoms with Crippen LogP contribution in [0.25, 0.3) is 10.9 Å². The topological polar surface area (TPSA) is 82.5 Å². The zero-order valence-electron chi connectivity index (χ0n) is 9.97. The zero-order chi connectivity index (χ0) is 13.1. The third-order valence-electron chi connectivity index (χ3n) is 2.62. The normalized spacial score (nSPS) is 10.5. The molecule has 5 nitrogen and oxygen atoms in total. The molecule has 0 saturated heterocycles. The number of phenols is 2. The van der Waals surface area contributed by atoms with E-state index >= 15 is 0 Å². The highest BCUT2D eigenvalue weighted by atomic mass is 16.3. The summed E-state index contributed by atoms with van der Waals surface area (Å²) in [5.41, 5.74) is 1.58. The Kier molecular flexibility index (Phi) is 3.32. The fourth-order valence-corrected chi connectivity index (χ4v) is 1.72. The number of fused-ring (bicyclic) bond motifs is 1. The van der Waals surface area contributed by atoms with Gasteiger partial charge in [-0.25, -0.2) is 0 Å². The number of hydrogen-bond donors (Lipinski definition) is 3. The van der Waals surface area contributed by atoms with E-state index in [9.17, 15) is 15.0 Å². The van der Waals surface area contributed by atoms with Crippen molar-refractivity contribution in [2.75, 3.05) is 6.54 Å². The van der Waals surface area contributed by atoms with Gasteiger partial charge in [-0.2, -0.15) is 0 Å². The molecule has 0 aliphatic rings. The first-order valence-electron chi connectivity index (χ1n) is 5.61. The summed E-state index contributed by atoms with van der Waals surface area (Å²) in [7, 11) is 0. The minimum atomic E-state index is -0.180. The highest BCUT2D eigenvalue weighted by Gasteiger charge is 2.04. The highest BCUT2D eigenvalue weighted by molar-refractivity contribution is 5.82. The molecule has 0 aliphatic carbocycles. The van der Waals surface area contributed by atoms with Crippen molar-refractivity contribution in [2.24, 2.45) is 0 Å². The maximum absolute atomic E-state index is 10.7. The minimum Gasteiger partial charge on any atom is -0.504 e. The van der Waals surface area contributed by atoms with Gasteiger partial charge in [0.15, 0.2) is 11.5 Å². The summed E-state index contributed by atoms with van der Waals surface area (Å²) >= 11 is 0. The van der Waals surface area contributed by atoms with Crippen LogP contribution in [-0.4, -0.2) is 27.6 Å². The fraction of sp³-hybridized carbons (Fsp3) is 0.231. The quantitative estimate of drug-likeness (QED) is 0.713. The Morgan fingerprint density at radius 1 is 1.28 bits per heavy atom. The van der Waals surface area contributed by atoms with Gasteiger partial charge >= 0.3 is 0 Å². The number of phenolic OH excluding ortho intramolecular Hbond substituents is 2. The highest BCUT2D eigenvalue weighted by Crippen LogP contribution is 2.29. The number of amides is 1. The van der Waals surface area contributed by atoms with Crippen LogP contribution in [0.4, 0.5) is 0 Å². The Morgan fingerprint density at radius 2 is 2.00 bits per heavy atom. The van der Waals surface area contributed by atoms with Crippen LogP contribution in [0.5, 0.6) is 11.5 Å². The molecule has 0 bridgehead atoms. The molecule has 0 saturated carbocycles. The van der Waals surface area contributed by atoms with E-state index in [1.54, 1.807) is 6.20 Å². The monoisotopic (exact) mass is 246 g/mol. The van der Waals surface area contributed by atoms with Crippen molar-refractivity contribution < 1.29 is 15.0 Å². The third-order valence-corrected chi connectivity index (χ3v) is 2.62. The molecule has 5 heteroatoms. The lowest BCUT2D eigenvalue weighted by molar-refractivity contribution is -0.118. The second-order valence-corrected chi connectivity index (χ2v) is 4.11. The molecule has 2 rings (SSSR count).